The van der Waals surface area contributed by atoms with Crippen molar-refractivity contribution in [2.75, 3.05) is 5.32 Å². The van der Waals surface area contributed by atoms with E-state index in [1.54, 1.807) is 5.38 Å². The Balaban J connectivity index is 1.52. The Labute approximate surface area is 169 Å². The molecule has 0 fully saturated rings. The fourth-order valence-electron chi connectivity index (χ4n) is 2.74. The Bertz CT molecular complexity index is 1360. The van der Waals surface area contributed by atoms with Crippen molar-refractivity contribution in [1.29, 1.82) is 0 Å². The number of hydrogen-bond donors (Lipinski definition) is 1. The Morgan fingerprint density at radius 3 is 2.77 bits per heavy atom. The number of halogens is 2. The number of oxazole rings is 1. The number of amides is 1. The number of nitrogens with zero attached hydrogens (tertiary/aromatic N) is 3. The fraction of sp³-hybridized carbons (Fsp3) is 0.0556. The molecule has 0 saturated carbocycles. The zero-order valence-electron chi connectivity index (χ0n) is 14.8. The van der Waals surface area contributed by atoms with E-state index in [4.69, 9.17) is 4.42 Å². The molecule has 0 spiro atoms. The van der Waals surface area contributed by atoms with Gasteiger partial charge in [0.2, 0.25) is 5.91 Å². The summed E-state index contributed by atoms with van der Waals surface area (Å²) in [5.74, 6) is -3.44. The molecule has 0 saturated heterocycles. The average Bonchev–Trinajstić information content (AvgIpc) is 3.28. The van der Waals surface area contributed by atoms with Gasteiger partial charge in [-0.05, 0) is 24.3 Å². The van der Waals surface area contributed by atoms with Gasteiger partial charge in [-0.3, -0.25) is 19.5 Å². The molecule has 1 amide bonds. The lowest BCUT2D eigenvalue weighted by molar-refractivity contribution is -0.384. The van der Waals surface area contributed by atoms with E-state index in [1.807, 2.05) is 0 Å². The van der Waals surface area contributed by atoms with E-state index >= 15 is 0 Å². The highest BCUT2D eigenvalue weighted by Crippen LogP contribution is 2.26. The summed E-state index contributed by atoms with van der Waals surface area (Å²) in [6.07, 6.45) is 0. The molecular formula is C18H10F2N4O5S. The van der Waals surface area contributed by atoms with Crippen molar-refractivity contribution in [3.8, 4) is 11.3 Å². The van der Waals surface area contributed by atoms with Gasteiger partial charge in [0.1, 0.15) is 6.54 Å². The monoisotopic (exact) mass is 432 g/mol. The second-order valence-corrected chi connectivity index (χ2v) is 6.94. The Kier molecular flexibility index (Phi) is 4.83. The maximum atomic E-state index is 13.4. The van der Waals surface area contributed by atoms with E-state index < -0.39 is 34.8 Å². The lowest BCUT2D eigenvalue weighted by Gasteiger charge is -2.03. The molecule has 0 aliphatic rings. The molecule has 0 aliphatic carbocycles. The highest BCUT2D eigenvalue weighted by Gasteiger charge is 2.17. The van der Waals surface area contributed by atoms with Gasteiger partial charge in [0.05, 0.1) is 22.2 Å². The standard InChI is InChI=1S/C18H10F2N4O5S/c19-11-3-1-9(5-12(11)20)13-8-30-17(21-13)22-16(25)7-23-14-4-2-10(24(27)28)6-15(14)29-18(23)26/h1-6,8H,7H2,(H,21,22,25). The molecule has 0 unspecified atom stereocenters. The Hall–Kier alpha value is -3.93. The van der Waals surface area contributed by atoms with Crippen LogP contribution >= 0.6 is 11.3 Å². The Morgan fingerprint density at radius 2 is 2.03 bits per heavy atom. The molecule has 0 radical (unpaired) electrons. The first kappa shape index (κ1) is 19.4. The van der Waals surface area contributed by atoms with Gasteiger partial charge in [-0.2, -0.15) is 0 Å². The van der Waals surface area contributed by atoms with Crippen LogP contribution in [0, 0.1) is 21.7 Å². The maximum Gasteiger partial charge on any atom is 0.420 e. The van der Waals surface area contributed by atoms with Crippen molar-refractivity contribution >= 4 is 39.2 Å². The molecule has 9 nitrogen and oxygen atoms in total. The van der Waals surface area contributed by atoms with Gasteiger partial charge in [0.15, 0.2) is 22.3 Å². The quantitative estimate of drug-likeness (QED) is 0.380. The largest absolute Gasteiger partial charge is 0.420 e. The minimum Gasteiger partial charge on any atom is -0.407 e. The highest BCUT2D eigenvalue weighted by atomic mass is 32.1. The van der Waals surface area contributed by atoms with Gasteiger partial charge < -0.3 is 9.73 Å². The third-order valence-electron chi connectivity index (χ3n) is 4.13. The molecule has 0 atom stereocenters. The number of hydrogen-bond acceptors (Lipinski definition) is 7. The van der Waals surface area contributed by atoms with Crippen LogP contribution in [0.5, 0.6) is 0 Å². The zero-order chi connectivity index (χ0) is 21.4. The number of nitro groups is 1. The summed E-state index contributed by atoms with van der Waals surface area (Å²) < 4.78 is 32.4. The molecule has 2 aromatic heterocycles. The van der Waals surface area contributed by atoms with Crippen LogP contribution in [-0.2, 0) is 11.3 Å². The third kappa shape index (κ3) is 3.67. The smallest absolute Gasteiger partial charge is 0.407 e. The lowest BCUT2D eigenvalue weighted by Crippen LogP contribution is -2.24. The van der Waals surface area contributed by atoms with Crippen LogP contribution in [0.25, 0.3) is 22.4 Å². The summed E-state index contributed by atoms with van der Waals surface area (Å²) >= 11 is 1.06. The van der Waals surface area contributed by atoms with Crippen LogP contribution in [0.2, 0.25) is 0 Å². The van der Waals surface area contributed by atoms with Crippen LogP contribution in [-0.4, -0.2) is 20.4 Å². The van der Waals surface area contributed by atoms with Crippen molar-refractivity contribution < 1.29 is 22.9 Å². The summed E-state index contributed by atoms with van der Waals surface area (Å²) in [5, 5.41) is 15.1. The highest BCUT2D eigenvalue weighted by molar-refractivity contribution is 7.14. The van der Waals surface area contributed by atoms with Crippen molar-refractivity contribution in [3.63, 3.8) is 0 Å². The molecule has 30 heavy (non-hydrogen) atoms. The molecule has 4 rings (SSSR count). The first-order valence-electron chi connectivity index (χ1n) is 8.30. The van der Waals surface area contributed by atoms with E-state index in [-0.39, 0.29) is 21.9 Å². The summed E-state index contributed by atoms with van der Waals surface area (Å²) in [5.41, 5.74) is 0.636. The third-order valence-corrected chi connectivity index (χ3v) is 4.89. The number of benzene rings is 2. The number of non-ortho nitro benzene ring substituents is 1. The number of fused-ring (bicyclic) bond motifs is 1. The molecule has 1 N–H and O–H groups in total. The number of anilines is 1. The van der Waals surface area contributed by atoms with Crippen LogP contribution in [0.3, 0.4) is 0 Å². The number of rotatable bonds is 5. The average molecular weight is 432 g/mol. The van der Waals surface area contributed by atoms with Crippen molar-refractivity contribution in [2.24, 2.45) is 0 Å². The second-order valence-electron chi connectivity index (χ2n) is 6.08. The molecule has 12 heteroatoms. The van der Waals surface area contributed by atoms with Crippen LogP contribution in [0.15, 0.2) is 51.0 Å². The van der Waals surface area contributed by atoms with Crippen molar-refractivity contribution in [2.45, 2.75) is 6.54 Å². The van der Waals surface area contributed by atoms with E-state index in [2.05, 4.69) is 10.3 Å². The molecule has 2 aromatic carbocycles. The molecule has 152 valence electrons. The van der Waals surface area contributed by atoms with E-state index in [0.29, 0.717) is 11.3 Å². The van der Waals surface area contributed by atoms with Crippen LogP contribution in [0.4, 0.5) is 19.6 Å². The number of carbonyl (C=O) groups is 1. The van der Waals surface area contributed by atoms with Gasteiger partial charge >= 0.3 is 5.76 Å². The van der Waals surface area contributed by atoms with E-state index in [0.717, 1.165) is 34.1 Å². The van der Waals surface area contributed by atoms with E-state index in [9.17, 15) is 28.5 Å². The van der Waals surface area contributed by atoms with Crippen molar-refractivity contribution in [1.82, 2.24) is 9.55 Å². The number of nitrogens with one attached hydrogen (secondary N) is 1. The van der Waals surface area contributed by atoms with E-state index in [1.165, 1.54) is 18.2 Å². The Morgan fingerprint density at radius 1 is 1.23 bits per heavy atom. The van der Waals surface area contributed by atoms with Gasteiger partial charge in [-0.15, -0.1) is 11.3 Å². The number of thiazole rings is 1. The first-order valence-corrected chi connectivity index (χ1v) is 9.18. The summed E-state index contributed by atoms with van der Waals surface area (Å²) in [6, 6.07) is 6.93. The van der Waals surface area contributed by atoms with Gasteiger partial charge in [0.25, 0.3) is 5.69 Å². The molecular weight excluding hydrogens is 422 g/mol. The minimum atomic E-state index is -1.02. The second kappa shape index (κ2) is 7.48. The summed E-state index contributed by atoms with van der Waals surface area (Å²) in [4.78, 5) is 38.7. The topological polar surface area (TPSA) is 120 Å². The molecule has 2 heterocycles. The van der Waals surface area contributed by atoms with Crippen LogP contribution in [0.1, 0.15) is 0 Å². The summed E-state index contributed by atoms with van der Waals surface area (Å²) in [6.45, 7) is -0.413. The van der Waals surface area contributed by atoms with Gasteiger partial charge in [-0.25, -0.2) is 18.6 Å². The summed E-state index contributed by atoms with van der Waals surface area (Å²) in [7, 11) is 0. The SMILES string of the molecule is O=C(Cn1c(=O)oc2cc([N+](=O)[O-])ccc21)Nc1nc(-c2ccc(F)c(F)c2)cs1. The number of aromatic nitrogens is 2. The number of nitro benzene ring substituents is 1. The van der Waals surface area contributed by atoms with Gasteiger partial charge in [0, 0.05) is 17.0 Å². The predicted molar refractivity (Wildman–Crippen MR) is 103 cm³/mol. The predicted octanol–water partition coefficient (Wildman–Crippen LogP) is 3.54. The van der Waals surface area contributed by atoms with Crippen molar-refractivity contribution in [3.05, 3.63) is 74.1 Å². The lowest BCUT2D eigenvalue weighted by atomic mass is 10.2. The molecule has 0 bridgehead atoms. The molecule has 4 aromatic rings. The van der Waals surface area contributed by atoms with Gasteiger partial charge in [-0.1, -0.05) is 0 Å². The maximum absolute atomic E-state index is 13.4. The zero-order valence-corrected chi connectivity index (χ0v) is 15.6. The molecule has 0 aliphatic heterocycles. The first-order chi connectivity index (χ1) is 14.3. The minimum absolute atomic E-state index is 0.0168. The number of carbonyl (C=O) groups excluding carboxylic acids is 1. The normalized spacial score (nSPS) is 11.0. The van der Waals surface area contributed by atoms with Crippen LogP contribution < -0.4 is 11.1 Å². The fourth-order valence-corrected chi connectivity index (χ4v) is 3.48.